The van der Waals surface area contributed by atoms with Crippen molar-refractivity contribution in [3.63, 3.8) is 0 Å². The summed E-state index contributed by atoms with van der Waals surface area (Å²) in [6.45, 7) is 10.3. The molecule has 0 bridgehead atoms. The molecule has 66 valence electrons. The van der Waals surface area contributed by atoms with Gasteiger partial charge in [0.25, 0.3) is 0 Å². The van der Waals surface area contributed by atoms with Crippen LogP contribution in [0, 0.1) is 16.7 Å². The fourth-order valence-electron chi connectivity index (χ4n) is 2.18. The lowest BCUT2D eigenvalue weighted by molar-refractivity contribution is 0.111. The zero-order valence-electron chi connectivity index (χ0n) is 8.28. The molecule has 1 fully saturated rings. The molecule has 1 rings (SSSR count). The summed E-state index contributed by atoms with van der Waals surface area (Å²) >= 11 is 0. The molecule has 0 spiro atoms. The predicted molar refractivity (Wildman–Crippen MR) is 49.3 cm³/mol. The molecule has 0 aromatic heterocycles. The van der Waals surface area contributed by atoms with Gasteiger partial charge in [0.15, 0.2) is 0 Å². The summed E-state index contributed by atoms with van der Waals surface area (Å²) in [6, 6.07) is 0. The molecular weight excluding hydrogens is 134 g/mol. The minimum absolute atomic E-state index is 0.432. The third-order valence-corrected chi connectivity index (χ3v) is 4.17. The van der Waals surface area contributed by atoms with E-state index in [-0.39, 0.29) is 0 Å². The quantitative estimate of drug-likeness (QED) is 0.618. The van der Waals surface area contributed by atoms with Gasteiger partial charge in [0.2, 0.25) is 0 Å². The van der Waals surface area contributed by atoms with Gasteiger partial charge in [-0.2, -0.15) is 0 Å². The highest BCUT2D eigenvalue weighted by Gasteiger charge is 2.47. The van der Waals surface area contributed by atoms with Crippen molar-refractivity contribution in [3.05, 3.63) is 0 Å². The molecule has 1 atom stereocenters. The molecular formula is C10H21N. The van der Waals surface area contributed by atoms with Crippen LogP contribution in [0.25, 0.3) is 0 Å². The van der Waals surface area contributed by atoms with Crippen LogP contribution in [0.4, 0.5) is 0 Å². The number of nitrogens with two attached hydrogens (primary N) is 1. The van der Waals surface area contributed by atoms with Gasteiger partial charge in [-0.25, -0.2) is 0 Å². The molecule has 1 aliphatic carbocycles. The first kappa shape index (κ1) is 9.05. The molecule has 0 unspecified atom stereocenters. The Balaban J connectivity index is 2.81. The topological polar surface area (TPSA) is 26.0 Å². The summed E-state index contributed by atoms with van der Waals surface area (Å²) in [4.78, 5) is 0. The molecule has 0 amide bonds. The molecule has 1 heteroatoms. The van der Waals surface area contributed by atoms with Crippen LogP contribution in [0.2, 0.25) is 0 Å². The summed E-state index contributed by atoms with van der Waals surface area (Å²) in [5, 5.41) is 0. The first-order valence-electron chi connectivity index (χ1n) is 4.62. The minimum Gasteiger partial charge on any atom is -0.330 e. The second-order valence-electron chi connectivity index (χ2n) is 5.08. The van der Waals surface area contributed by atoms with E-state index in [0.29, 0.717) is 10.8 Å². The Morgan fingerprint density at radius 2 is 1.82 bits per heavy atom. The Morgan fingerprint density at radius 3 is 2.00 bits per heavy atom. The number of hydrogen-bond acceptors (Lipinski definition) is 1. The van der Waals surface area contributed by atoms with E-state index >= 15 is 0 Å². The molecule has 1 nitrogen and oxygen atoms in total. The Kier molecular flexibility index (Phi) is 2.04. The highest BCUT2D eigenvalue weighted by atomic mass is 14.6. The van der Waals surface area contributed by atoms with Crippen LogP contribution in [0.1, 0.15) is 40.5 Å². The number of hydrogen-bond donors (Lipinski definition) is 1. The molecule has 0 aromatic carbocycles. The van der Waals surface area contributed by atoms with Gasteiger partial charge in [0.1, 0.15) is 0 Å². The summed E-state index contributed by atoms with van der Waals surface area (Å²) in [6.07, 6.45) is 2.65. The summed E-state index contributed by atoms with van der Waals surface area (Å²) in [5.74, 6) is 0.734. The fourth-order valence-corrected chi connectivity index (χ4v) is 2.18. The van der Waals surface area contributed by atoms with Crippen molar-refractivity contribution in [3.8, 4) is 0 Å². The highest BCUT2D eigenvalue weighted by Crippen LogP contribution is 2.54. The molecule has 0 aliphatic heterocycles. The Labute approximate surface area is 70.4 Å². The van der Waals surface area contributed by atoms with Gasteiger partial charge in [-0.1, -0.05) is 27.7 Å². The summed E-state index contributed by atoms with van der Waals surface area (Å²) in [7, 11) is 0. The molecule has 1 aliphatic rings. The van der Waals surface area contributed by atoms with Crippen LogP contribution in [-0.2, 0) is 0 Å². The monoisotopic (exact) mass is 155 g/mol. The second-order valence-corrected chi connectivity index (χ2v) is 5.08. The largest absolute Gasteiger partial charge is 0.330 e. The van der Waals surface area contributed by atoms with E-state index in [9.17, 15) is 0 Å². The van der Waals surface area contributed by atoms with Crippen molar-refractivity contribution in [2.24, 2.45) is 22.5 Å². The highest BCUT2D eigenvalue weighted by molar-refractivity contribution is 4.97. The standard InChI is InChI=1S/C10H21N/c1-9(2)6-5-8(7-11)10(9,3)4/h8H,5-7,11H2,1-4H3/t8-/m0/s1. The lowest BCUT2D eigenvalue weighted by Crippen LogP contribution is -2.34. The second kappa shape index (κ2) is 2.48. The average molecular weight is 155 g/mol. The predicted octanol–water partition coefficient (Wildman–Crippen LogP) is 2.41. The van der Waals surface area contributed by atoms with Crippen LogP contribution in [0.5, 0.6) is 0 Å². The lowest BCUT2D eigenvalue weighted by Gasteiger charge is -2.38. The van der Waals surface area contributed by atoms with E-state index in [0.717, 1.165) is 12.5 Å². The third kappa shape index (κ3) is 1.20. The van der Waals surface area contributed by atoms with Crippen LogP contribution in [-0.4, -0.2) is 6.54 Å². The zero-order chi connectivity index (χ0) is 8.70. The van der Waals surface area contributed by atoms with Crippen molar-refractivity contribution in [2.45, 2.75) is 40.5 Å². The van der Waals surface area contributed by atoms with Gasteiger partial charge in [-0.05, 0) is 36.1 Å². The maximum atomic E-state index is 5.73. The van der Waals surface area contributed by atoms with E-state index < -0.39 is 0 Å². The maximum Gasteiger partial charge on any atom is -0.00436 e. The zero-order valence-corrected chi connectivity index (χ0v) is 8.28. The van der Waals surface area contributed by atoms with Gasteiger partial charge >= 0.3 is 0 Å². The fraction of sp³-hybridized carbons (Fsp3) is 1.00. The molecule has 0 aromatic rings. The van der Waals surface area contributed by atoms with E-state index in [1.807, 2.05) is 0 Å². The van der Waals surface area contributed by atoms with E-state index in [4.69, 9.17) is 5.73 Å². The Bertz CT molecular complexity index is 147. The molecule has 11 heavy (non-hydrogen) atoms. The third-order valence-electron chi connectivity index (χ3n) is 4.17. The molecule has 0 heterocycles. The van der Waals surface area contributed by atoms with Gasteiger partial charge < -0.3 is 5.73 Å². The molecule has 1 saturated carbocycles. The van der Waals surface area contributed by atoms with Crippen LogP contribution >= 0.6 is 0 Å². The van der Waals surface area contributed by atoms with Gasteiger partial charge in [0, 0.05) is 0 Å². The minimum atomic E-state index is 0.432. The van der Waals surface area contributed by atoms with Crippen LogP contribution < -0.4 is 5.73 Å². The van der Waals surface area contributed by atoms with Crippen molar-refractivity contribution >= 4 is 0 Å². The average Bonchev–Trinajstić information content (AvgIpc) is 2.05. The van der Waals surface area contributed by atoms with Crippen LogP contribution in [0.3, 0.4) is 0 Å². The normalized spacial score (nSPS) is 34.1. The molecule has 0 saturated heterocycles. The SMILES string of the molecule is CC1(C)CC[C@@H](CN)C1(C)C. The van der Waals surface area contributed by atoms with E-state index in [2.05, 4.69) is 27.7 Å². The van der Waals surface area contributed by atoms with Crippen LogP contribution in [0.15, 0.2) is 0 Å². The first-order valence-corrected chi connectivity index (χ1v) is 4.62. The van der Waals surface area contributed by atoms with Gasteiger partial charge in [0.05, 0.1) is 0 Å². The Morgan fingerprint density at radius 1 is 1.27 bits per heavy atom. The van der Waals surface area contributed by atoms with Crippen molar-refractivity contribution < 1.29 is 0 Å². The van der Waals surface area contributed by atoms with E-state index in [1.165, 1.54) is 12.8 Å². The van der Waals surface area contributed by atoms with E-state index in [1.54, 1.807) is 0 Å². The summed E-state index contributed by atoms with van der Waals surface area (Å²) in [5.41, 5.74) is 6.65. The summed E-state index contributed by atoms with van der Waals surface area (Å²) < 4.78 is 0. The number of rotatable bonds is 1. The molecule has 2 N–H and O–H groups in total. The molecule has 0 radical (unpaired) electrons. The van der Waals surface area contributed by atoms with Crippen molar-refractivity contribution in [1.82, 2.24) is 0 Å². The Hall–Kier alpha value is -0.0400. The van der Waals surface area contributed by atoms with Gasteiger partial charge in [-0.15, -0.1) is 0 Å². The van der Waals surface area contributed by atoms with Crippen molar-refractivity contribution in [1.29, 1.82) is 0 Å². The first-order chi connectivity index (χ1) is 4.92. The lowest BCUT2D eigenvalue weighted by atomic mass is 9.67. The smallest absolute Gasteiger partial charge is 0.00436 e. The van der Waals surface area contributed by atoms with Crippen molar-refractivity contribution in [2.75, 3.05) is 6.54 Å². The maximum absolute atomic E-state index is 5.73. The van der Waals surface area contributed by atoms with Gasteiger partial charge in [-0.3, -0.25) is 0 Å².